The minimum Gasteiger partial charge on any atom is -0.387 e. The summed E-state index contributed by atoms with van der Waals surface area (Å²) in [5, 5.41) is 9.90. The van der Waals surface area contributed by atoms with Gasteiger partial charge in [-0.15, -0.1) is 11.6 Å². The smallest absolute Gasteiger partial charge is 0.0994 e. The van der Waals surface area contributed by atoms with E-state index in [2.05, 4.69) is 0 Å². The Bertz CT molecular complexity index is 487. The van der Waals surface area contributed by atoms with Crippen LogP contribution in [0, 0.1) is 13.8 Å². The van der Waals surface area contributed by atoms with Crippen molar-refractivity contribution < 1.29 is 5.11 Å². The van der Waals surface area contributed by atoms with Crippen molar-refractivity contribution in [3.8, 4) is 0 Å². The van der Waals surface area contributed by atoms with E-state index in [4.69, 9.17) is 11.6 Å². The number of halogens is 1. The second-order valence-electron chi connectivity index (χ2n) is 4.67. The molecule has 2 aromatic rings. The summed E-state index contributed by atoms with van der Waals surface area (Å²) in [6, 6.07) is 15.8. The Labute approximate surface area is 113 Å². The number of rotatable bonds is 3. The number of aliphatic hydroxyl groups is 1. The predicted molar refractivity (Wildman–Crippen MR) is 75.9 cm³/mol. The first-order valence-electron chi connectivity index (χ1n) is 6.03. The molecule has 1 nitrogen and oxygen atoms in total. The van der Waals surface area contributed by atoms with Gasteiger partial charge >= 0.3 is 0 Å². The normalized spacial score (nSPS) is 14.2. The molecule has 0 amide bonds. The van der Waals surface area contributed by atoms with E-state index in [1.165, 1.54) is 0 Å². The summed E-state index contributed by atoms with van der Waals surface area (Å²) in [6.07, 6.45) is -0.687. The summed E-state index contributed by atoms with van der Waals surface area (Å²) in [4.78, 5) is 0. The van der Waals surface area contributed by atoms with Gasteiger partial charge in [-0.05, 0) is 25.0 Å². The third-order valence-electron chi connectivity index (χ3n) is 3.02. The van der Waals surface area contributed by atoms with Crippen molar-refractivity contribution in [3.05, 3.63) is 70.8 Å². The lowest BCUT2D eigenvalue weighted by Crippen LogP contribution is -2.06. The van der Waals surface area contributed by atoms with Crippen molar-refractivity contribution in [2.24, 2.45) is 0 Å². The molecule has 94 valence electrons. The zero-order valence-electron chi connectivity index (χ0n) is 10.6. The summed E-state index contributed by atoms with van der Waals surface area (Å²) >= 11 is 6.37. The van der Waals surface area contributed by atoms with Crippen LogP contribution in [0.4, 0.5) is 0 Å². The summed E-state index contributed by atoms with van der Waals surface area (Å²) in [7, 11) is 0. The molecule has 18 heavy (non-hydrogen) atoms. The van der Waals surface area contributed by atoms with Crippen LogP contribution in [0.3, 0.4) is 0 Å². The van der Waals surface area contributed by atoms with Crippen LogP contribution in [0.5, 0.6) is 0 Å². The first-order valence-corrected chi connectivity index (χ1v) is 6.47. The maximum absolute atomic E-state index is 10.3. The van der Waals surface area contributed by atoms with E-state index < -0.39 is 11.5 Å². The van der Waals surface area contributed by atoms with E-state index in [9.17, 15) is 5.11 Å². The molecule has 0 bridgehead atoms. The molecule has 0 unspecified atom stereocenters. The number of benzene rings is 2. The average molecular weight is 261 g/mol. The molecule has 0 aliphatic heterocycles. The van der Waals surface area contributed by atoms with E-state index in [1.807, 2.05) is 62.4 Å². The van der Waals surface area contributed by atoms with Crippen LogP contribution >= 0.6 is 11.6 Å². The van der Waals surface area contributed by atoms with Gasteiger partial charge in [-0.2, -0.15) is 0 Å². The van der Waals surface area contributed by atoms with Gasteiger partial charge in [-0.1, -0.05) is 59.7 Å². The lowest BCUT2D eigenvalue weighted by atomic mass is 9.98. The van der Waals surface area contributed by atoms with Crippen LogP contribution < -0.4 is 0 Å². The Hall–Kier alpha value is -1.31. The fourth-order valence-corrected chi connectivity index (χ4v) is 2.33. The van der Waals surface area contributed by atoms with Gasteiger partial charge in [0, 0.05) is 0 Å². The van der Waals surface area contributed by atoms with Crippen LogP contribution in [-0.4, -0.2) is 5.11 Å². The minimum absolute atomic E-state index is 0.424. The molecule has 1 N–H and O–H groups in total. The Morgan fingerprint density at radius 3 is 1.94 bits per heavy atom. The summed E-state index contributed by atoms with van der Waals surface area (Å²) < 4.78 is 0. The van der Waals surface area contributed by atoms with Gasteiger partial charge in [0.25, 0.3) is 0 Å². The minimum atomic E-state index is -0.687. The topological polar surface area (TPSA) is 20.2 Å². The third-order valence-corrected chi connectivity index (χ3v) is 3.51. The van der Waals surface area contributed by atoms with E-state index in [0.717, 1.165) is 22.3 Å². The highest BCUT2D eigenvalue weighted by molar-refractivity contribution is 6.21. The third kappa shape index (κ3) is 2.92. The molecule has 2 heteroatoms. The van der Waals surface area contributed by atoms with E-state index >= 15 is 0 Å². The van der Waals surface area contributed by atoms with Crippen LogP contribution in [0.25, 0.3) is 0 Å². The van der Waals surface area contributed by atoms with E-state index in [-0.39, 0.29) is 0 Å². The van der Waals surface area contributed by atoms with Crippen molar-refractivity contribution in [1.29, 1.82) is 0 Å². The molecular weight excluding hydrogens is 244 g/mol. The van der Waals surface area contributed by atoms with E-state index in [0.29, 0.717) is 0 Å². The molecule has 0 saturated heterocycles. The van der Waals surface area contributed by atoms with Crippen LogP contribution in [0.15, 0.2) is 48.5 Å². The quantitative estimate of drug-likeness (QED) is 0.815. The first kappa shape index (κ1) is 13.1. The highest BCUT2D eigenvalue weighted by Gasteiger charge is 2.20. The van der Waals surface area contributed by atoms with Crippen LogP contribution in [0.1, 0.15) is 33.7 Å². The zero-order valence-corrected chi connectivity index (χ0v) is 11.4. The monoisotopic (exact) mass is 260 g/mol. The summed E-state index contributed by atoms with van der Waals surface area (Å²) in [5.41, 5.74) is 4.08. The Morgan fingerprint density at radius 2 is 1.39 bits per heavy atom. The fourth-order valence-electron chi connectivity index (χ4n) is 2.05. The molecule has 2 rings (SSSR count). The maximum Gasteiger partial charge on any atom is 0.0994 e. The molecule has 2 aromatic carbocycles. The second-order valence-corrected chi connectivity index (χ2v) is 5.15. The molecule has 0 fully saturated rings. The molecule has 0 aliphatic carbocycles. The molecular formula is C16H17ClO. The van der Waals surface area contributed by atoms with E-state index in [1.54, 1.807) is 0 Å². The second kappa shape index (κ2) is 5.55. The molecule has 0 aromatic heterocycles. The SMILES string of the molecule is Cc1cccc([C@H](O)[C@@H](Cl)c2cccc(C)c2)c1. The molecule has 2 atom stereocenters. The Morgan fingerprint density at radius 1 is 0.889 bits per heavy atom. The van der Waals surface area contributed by atoms with Gasteiger partial charge < -0.3 is 5.11 Å². The summed E-state index contributed by atoms with van der Waals surface area (Å²) in [6.45, 7) is 4.03. The molecule has 0 radical (unpaired) electrons. The Kier molecular flexibility index (Phi) is 4.05. The van der Waals surface area contributed by atoms with Crippen molar-refractivity contribution >= 4 is 11.6 Å². The van der Waals surface area contributed by atoms with Crippen LogP contribution in [-0.2, 0) is 0 Å². The molecule has 0 aliphatic rings. The molecule has 0 saturated carbocycles. The van der Waals surface area contributed by atoms with Crippen molar-refractivity contribution in [2.45, 2.75) is 25.3 Å². The first-order chi connectivity index (χ1) is 8.58. The fraction of sp³-hybridized carbons (Fsp3) is 0.250. The van der Waals surface area contributed by atoms with Crippen LogP contribution in [0.2, 0.25) is 0 Å². The standard InChI is InChI=1S/C16H17ClO/c1-11-5-3-7-13(9-11)15(17)16(18)14-8-4-6-12(2)10-14/h3-10,15-16,18H,1-2H3/t15-,16-/m0/s1. The highest BCUT2D eigenvalue weighted by Crippen LogP contribution is 2.34. The Balaban J connectivity index is 2.26. The predicted octanol–water partition coefficient (Wildman–Crippen LogP) is 4.32. The molecule has 0 heterocycles. The zero-order chi connectivity index (χ0) is 13.1. The lowest BCUT2D eigenvalue weighted by Gasteiger charge is -2.18. The number of hydrogen-bond donors (Lipinski definition) is 1. The number of aryl methyl sites for hydroxylation is 2. The van der Waals surface area contributed by atoms with Gasteiger partial charge in [0.2, 0.25) is 0 Å². The molecule has 0 spiro atoms. The number of alkyl halides is 1. The van der Waals surface area contributed by atoms with Gasteiger partial charge in [0.1, 0.15) is 0 Å². The lowest BCUT2D eigenvalue weighted by molar-refractivity contribution is 0.172. The van der Waals surface area contributed by atoms with Gasteiger partial charge in [0.05, 0.1) is 11.5 Å². The van der Waals surface area contributed by atoms with Crippen molar-refractivity contribution in [2.75, 3.05) is 0 Å². The van der Waals surface area contributed by atoms with Gasteiger partial charge in [-0.25, -0.2) is 0 Å². The number of hydrogen-bond acceptors (Lipinski definition) is 1. The summed E-state index contributed by atoms with van der Waals surface area (Å²) in [5.74, 6) is 0. The van der Waals surface area contributed by atoms with Gasteiger partial charge in [0.15, 0.2) is 0 Å². The van der Waals surface area contributed by atoms with Crippen molar-refractivity contribution in [1.82, 2.24) is 0 Å². The van der Waals surface area contributed by atoms with Crippen molar-refractivity contribution in [3.63, 3.8) is 0 Å². The van der Waals surface area contributed by atoms with Gasteiger partial charge in [-0.3, -0.25) is 0 Å². The maximum atomic E-state index is 10.3. The number of aliphatic hydroxyl groups excluding tert-OH is 1. The highest BCUT2D eigenvalue weighted by atomic mass is 35.5. The average Bonchev–Trinajstić information content (AvgIpc) is 2.37. The largest absolute Gasteiger partial charge is 0.387 e.